The molecule has 2 atom stereocenters. The number of hydrogen-bond acceptors (Lipinski definition) is 5. The van der Waals surface area contributed by atoms with Gasteiger partial charge in [0, 0.05) is 37.4 Å². The molecule has 0 bridgehead atoms. The molecule has 1 aliphatic heterocycles. The smallest absolute Gasteiger partial charge is 0.231 e. The fourth-order valence-corrected chi connectivity index (χ4v) is 3.68. The van der Waals surface area contributed by atoms with Crippen molar-refractivity contribution in [1.82, 2.24) is 9.88 Å². The molecule has 1 saturated carbocycles. The molecule has 1 aromatic carbocycles. The van der Waals surface area contributed by atoms with Gasteiger partial charge in [-0.15, -0.1) is 0 Å². The van der Waals surface area contributed by atoms with E-state index in [4.69, 9.17) is 15.2 Å². The molecular weight excluding hydrogens is 330 g/mol. The molecule has 1 aromatic heterocycles. The lowest BCUT2D eigenvalue weighted by molar-refractivity contribution is -0.136. The molecule has 1 aliphatic carbocycles. The van der Waals surface area contributed by atoms with E-state index in [2.05, 4.69) is 4.98 Å². The van der Waals surface area contributed by atoms with Crippen LogP contribution in [0.15, 0.2) is 42.7 Å². The van der Waals surface area contributed by atoms with E-state index in [1.54, 1.807) is 12.4 Å². The first kappa shape index (κ1) is 16.8. The highest BCUT2D eigenvalue weighted by molar-refractivity contribution is 5.79. The van der Waals surface area contributed by atoms with E-state index < -0.39 is 0 Å². The Bertz CT molecular complexity index is 781. The zero-order valence-electron chi connectivity index (χ0n) is 14.6. The van der Waals surface area contributed by atoms with Crippen LogP contribution in [0.2, 0.25) is 0 Å². The molecule has 2 heterocycles. The summed E-state index contributed by atoms with van der Waals surface area (Å²) in [6, 6.07) is 9.85. The van der Waals surface area contributed by atoms with Gasteiger partial charge in [0.25, 0.3) is 0 Å². The van der Waals surface area contributed by atoms with Crippen molar-refractivity contribution in [3.8, 4) is 11.5 Å². The molecule has 26 heavy (non-hydrogen) atoms. The maximum absolute atomic E-state index is 13.1. The zero-order valence-corrected chi connectivity index (χ0v) is 14.6. The Kier molecular flexibility index (Phi) is 4.75. The van der Waals surface area contributed by atoms with E-state index in [0.29, 0.717) is 13.1 Å². The van der Waals surface area contributed by atoms with Crippen molar-refractivity contribution in [1.29, 1.82) is 0 Å². The van der Waals surface area contributed by atoms with Crippen molar-refractivity contribution in [3.05, 3.63) is 53.9 Å². The highest BCUT2D eigenvalue weighted by atomic mass is 16.7. The second-order valence-electron chi connectivity index (χ2n) is 7.01. The van der Waals surface area contributed by atoms with Crippen LogP contribution in [-0.4, -0.2) is 28.6 Å². The third kappa shape index (κ3) is 3.65. The van der Waals surface area contributed by atoms with Gasteiger partial charge in [0.1, 0.15) is 0 Å². The number of rotatable bonds is 5. The number of aromatic nitrogens is 1. The quantitative estimate of drug-likeness (QED) is 0.893. The SMILES string of the molecule is NC1CCC(C(=O)N(Cc2cccnc2)Cc2ccc3c(c2)OCO3)C1. The predicted octanol–water partition coefficient (Wildman–Crippen LogP) is 2.47. The van der Waals surface area contributed by atoms with Gasteiger partial charge in [-0.25, -0.2) is 0 Å². The number of fused-ring (bicyclic) bond motifs is 1. The molecule has 2 aromatic rings. The number of benzene rings is 1. The summed E-state index contributed by atoms with van der Waals surface area (Å²) in [5.74, 6) is 1.66. The standard InChI is InChI=1S/C20H23N3O3/c21-17-5-4-16(9-17)20(24)23(12-15-2-1-7-22-10-15)11-14-3-6-18-19(8-14)26-13-25-18/h1-3,6-8,10,16-17H,4-5,9,11-13,21H2. The molecule has 6 heteroatoms. The lowest BCUT2D eigenvalue weighted by Gasteiger charge is -2.26. The number of hydrogen-bond donors (Lipinski definition) is 1. The Balaban J connectivity index is 1.54. The molecule has 6 nitrogen and oxygen atoms in total. The van der Waals surface area contributed by atoms with Gasteiger partial charge < -0.3 is 20.1 Å². The second-order valence-corrected chi connectivity index (χ2v) is 7.01. The Hall–Kier alpha value is -2.60. The van der Waals surface area contributed by atoms with Gasteiger partial charge in [0.15, 0.2) is 11.5 Å². The second kappa shape index (κ2) is 7.33. The highest BCUT2D eigenvalue weighted by Gasteiger charge is 2.31. The van der Waals surface area contributed by atoms with Gasteiger partial charge in [-0.3, -0.25) is 9.78 Å². The number of nitrogens with two attached hydrogens (primary N) is 1. The van der Waals surface area contributed by atoms with Crippen LogP contribution in [0.1, 0.15) is 30.4 Å². The van der Waals surface area contributed by atoms with Crippen molar-refractivity contribution in [2.75, 3.05) is 6.79 Å². The van der Waals surface area contributed by atoms with Gasteiger partial charge in [0.05, 0.1) is 0 Å². The van der Waals surface area contributed by atoms with Gasteiger partial charge in [-0.05, 0) is 48.6 Å². The molecular formula is C20H23N3O3. The Morgan fingerprint density at radius 1 is 1.15 bits per heavy atom. The van der Waals surface area contributed by atoms with Crippen molar-refractivity contribution in [3.63, 3.8) is 0 Å². The van der Waals surface area contributed by atoms with Crippen LogP contribution in [0.25, 0.3) is 0 Å². The van der Waals surface area contributed by atoms with Crippen LogP contribution >= 0.6 is 0 Å². The highest BCUT2D eigenvalue weighted by Crippen LogP contribution is 2.33. The molecule has 2 aliphatic rings. The molecule has 2 N–H and O–H groups in total. The van der Waals surface area contributed by atoms with Crippen LogP contribution in [0.3, 0.4) is 0 Å². The average molecular weight is 353 g/mol. The van der Waals surface area contributed by atoms with Crippen molar-refractivity contribution in [2.45, 2.75) is 38.4 Å². The average Bonchev–Trinajstić information content (AvgIpc) is 3.30. The monoisotopic (exact) mass is 353 g/mol. The molecule has 4 rings (SSSR count). The van der Waals surface area contributed by atoms with E-state index in [9.17, 15) is 4.79 Å². The summed E-state index contributed by atoms with van der Waals surface area (Å²) >= 11 is 0. The van der Waals surface area contributed by atoms with Crippen LogP contribution < -0.4 is 15.2 Å². The predicted molar refractivity (Wildman–Crippen MR) is 96.4 cm³/mol. The van der Waals surface area contributed by atoms with Gasteiger partial charge >= 0.3 is 0 Å². The molecule has 0 radical (unpaired) electrons. The van der Waals surface area contributed by atoms with Gasteiger partial charge in [-0.2, -0.15) is 0 Å². The van der Waals surface area contributed by atoms with Crippen LogP contribution in [0, 0.1) is 5.92 Å². The van der Waals surface area contributed by atoms with Crippen molar-refractivity contribution in [2.24, 2.45) is 11.7 Å². The van der Waals surface area contributed by atoms with E-state index in [0.717, 1.165) is 41.9 Å². The summed E-state index contributed by atoms with van der Waals surface area (Å²) in [5.41, 5.74) is 8.06. The van der Waals surface area contributed by atoms with E-state index >= 15 is 0 Å². The summed E-state index contributed by atoms with van der Waals surface area (Å²) in [6.07, 6.45) is 6.10. The van der Waals surface area contributed by atoms with Crippen LogP contribution in [0.5, 0.6) is 11.5 Å². The molecule has 136 valence electrons. The summed E-state index contributed by atoms with van der Waals surface area (Å²) in [6.45, 7) is 1.31. The molecule has 2 unspecified atom stereocenters. The van der Waals surface area contributed by atoms with E-state index in [1.165, 1.54) is 0 Å². The number of pyridine rings is 1. The summed E-state index contributed by atoms with van der Waals surface area (Å²) in [5, 5.41) is 0. The maximum Gasteiger partial charge on any atom is 0.231 e. The number of nitrogens with zero attached hydrogens (tertiary/aromatic N) is 2. The largest absolute Gasteiger partial charge is 0.454 e. The first-order valence-electron chi connectivity index (χ1n) is 9.01. The minimum atomic E-state index is 0.00989. The van der Waals surface area contributed by atoms with Crippen molar-refractivity contribution >= 4 is 5.91 Å². The first-order valence-corrected chi connectivity index (χ1v) is 9.01. The minimum Gasteiger partial charge on any atom is -0.454 e. The van der Waals surface area contributed by atoms with Crippen LogP contribution in [0.4, 0.5) is 0 Å². The van der Waals surface area contributed by atoms with Gasteiger partial charge in [-0.1, -0.05) is 12.1 Å². The Morgan fingerprint density at radius 2 is 2.00 bits per heavy atom. The Morgan fingerprint density at radius 3 is 2.77 bits per heavy atom. The topological polar surface area (TPSA) is 77.7 Å². The zero-order chi connectivity index (χ0) is 17.9. The number of carbonyl (C=O) groups excluding carboxylic acids is 1. The third-order valence-electron chi connectivity index (χ3n) is 5.04. The fraction of sp³-hybridized carbons (Fsp3) is 0.400. The minimum absolute atomic E-state index is 0.00989. The van der Waals surface area contributed by atoms with Crippen LogP contribution in [-0.2, 0) is 17.9 Å². The lowest BCUT2D eigenvalue weighted by Crippen LogP contribution is -2.35. The van der Waals surface area contributed by atoms with Crippen molar-refractivity contribution < 1.29 is 14.3 Å². The lowest BCUT2D eigenvalue weighted by atomic mass is 10.0. The molecule has 0 spiro atoms. The number of amides is 1. The Labute approximate surface area is 152 Å². The fourth-order valence-electron chi connectivity index (χ4n) is 3.68. The summed E-state index contributed by atoms with van der Waals surface area (Å²) < 4.78 is 10.8. The number of ether oxygens (including phenoxy) is 2. The summed E-state index contributed by atoms with van der Waals surface area (Å²) in [4.78, 5) is 19.2. The maximum atomic E-state index is 13.1. The number of carbonyl (C=O) groups is 1. The normalized spacial score (nSPS) is 21.0. The van der Waals surface area contributed by atoms with Gasteiger partial charge in [0.2, 0.25) is 12.7 Å². The van der Waals surface area contributed by atoms with E-state index in [-0.39, 0.29) is 24.7 Å². The molecule has 1 amide bonds. The summed E-state index contributed by atoms with van der Waals surface area (Å²) in [7, 11) is 0. The van der Waals surface area contributed by atoms with E-state index in [1.807, 2.05) is 35.2 Å². The first-order chi connectivity index (χ1) is 12.7. The third-order valence-corrected chi connectivity index (χ3v) is 5.04. The molecule has 1 fully saturated rings. The molecule has 0 saturated heterocycles.